The van der Waals surface area contributed by atoms with Gasteiger partial charge in [-0.15, -0.1) is 0 Å². The molecule has 0 saturated heterocycles. The topological polar surface area (TPSA) is 49.8 Å². The summed E-state index contributed by atoms with van der Waals surface area (Å²) < 4.78 is 20.3. The minimum Gasteiger partial charge on any atom is -0.480 e. The maximum Gasteiger partial charge on any atom is 0.320 e. The number of hydrogen-bond donors (Lipinski definition) is 1. The summed E-state index contributed by atoms with van der Waals surface area (Å²) in [6.07, 6.45) is 0. The van der Waals surface area contributed by atoms with E-state index in [1.165, 1.54) is 12.1 Å². The highest BCUT2D eigenvalue weighted by atomic mass is 19.1. The largest absolute Gasteiger partial charge is 0.480 e. The Kier molecular flexibility index (Phi) is 4.87. The number of hydrogen-bond acceptors (Lipinski definition) is 3. The van der Waals surface area contributed by atoms with Gasteiger partial charge in [0.05, 0.1) is 5.60 Å². The van der Waals surface area contributed by atoms with Crippen LogP contribution in [0.5, 0.6) is 0 Å². The highest BCUT2D eigenvalue weighted by Crippen LogP contribution is 2.53. The number of nitrogens with zero attached hydrogens (tertiary/aromatic N) is 1. The Hall–Kier alpha value is -2.24. The fourth-order valence-electron chi connectivity index (χ4n) is 4.10. The van der Waals surface area contributed by atoms with Crippen LogP contribution in [0.2, 0.25) is 0 Å². The SMILES string of the molecule is CC(C(=O)O)N(C)C(C)C1(c2ccc(F)cc2)OC(C)(C)c2ccccc21. The van der Waals surface area contributed by atoms with Crippen molar-refractivity contribution >= 4 is 5.97 Å². The quantitative estimate of drug-likeness (QED) is 0.859. The number of rotatable bonds is 5. The van der Waals surface area contributed by atoms with Gasteiger partial charge >= 0.3 is 5.97 Å². The van der Waals surface area contributed by atoms with Crippen LogP contribution in [0.1, 0.15) is 44.4 Å². The molecule has 0 aliphatic carbocycles. The van der Waals surface area contributed by atoms with Crippen molar-refractivity contribution < 1.29 is 19.0 Å². The lowest BCUT2D eigenvalue weighted by Gasteiger charge is -2.43. The summed E-state index contributed by atoms with van der Waals surface area (Å²) in [6, 6.07) is 13.3. The molecule has 0 amide bonds. The molecule has 0 fully saturated rings. The van der Waals surface area contributed by atoms with E-state index < -0.39 is 23.2 Å². The van der Waals surface area contributed by atoms with E-state index in [9.17, 15) is 14.3 Å². The summed E-state index contributed by atoms with van der Waals surface area (Å²) in [6.45, 7) is 7.62. The highest BCUT2D eigenvalue weighted by molar-refractivity contribution is 5.73. The van der Waals surface area contributed by atoms with E-state index in [-0.39, 0.29) is 11.9 Å². The van der Waals surface area contributed by atoms with Crippen LogP contribution in [0.3, 0.4) is 0 Å². The van der Waals surface area contributed by atoms with Gasteiger partial charge in [0.1, 0.15) is 17.5 Å². The first-order valence-corrected chi connectivity index (χ1v) is 9.12. The van der Waals surface area contributed by atoms with Gasteiger partial charge in [-0.2, -0.15) is 0 Å². The third kappa shape index (κ3) is 3.05. The number of carbonyl (C=O) groups is 1. The minimum atomic E-state index is -0.910. The average molecular weight is 371 g/mol. The van der Waals surface area contributed by atoms with E-state index in [1.54, 1.807) is 31.0 Å². The molecule has 1 aliphatic rings. The summed E-state index contributed by atoms with van der Waals surface area (Å²) >= 11 is 0. The zero-order valence-electron chi connectivity index (χ0n) is 16.4. The van der Waals surface area contributed by atoms with Crippen LogP contribution in [0, 0.1) is 5.82 Å². The van der Waals surface area contributed by atoms with Crippen LogP contribution in [0.4, 0.5) is 4.39 Å². The molecule has 0 aromatic heterocycles. The third-order valence-electron chi connectivity index (χ3n) is 5.83. The molecule has 0 saturated carbocycles. The molecular formula is C22H26FNO3. The molecule has 0 bridgehead atoms. The Balaban J connectivity index is 2.24. The van der Waals surface area contributed by atoms with Crippen molar-refractivity contribution in [2.45, 2.75) is 51.0 Å². The molecule has 3 atom stereocenters. The molecule has 1 heterocycles. The lowest BCUT2D eigenvalue weighted by atomic mass is 9.78. The van der Waals surface area contributed by atoms with Gasteiger partial charge in [-0.05, 0) is 63.6 Å². The van der Waals surface area contributed by atoms with Crippen molar-refractivity contribution in [2.24, 2.45) is 0 Å². The van der Waals surface area contributed by atoms with Crippen LogP contribution in [0.15, 0.2) is 48.5 Å². The van der Waals surface area contributed by atoms with Gasteiger partial charge in [-0.3, -0.25) is 9.69 Å². The van der Waals surface area contributed by atoms with E-state index in [0.717, 1.165) is 16.7 Å². The van der Waals surface area contributed by atoms with Crippen molar-refractivity contribution in [3.05, 3.63) is 71.0 Å². The zero-order chi connectivity index (χ0) is 20.0. The number of aliphatic carboxylic acids is 1. The van der Waals surface area contributed by atoms with Crippen molar-refractivity contribution in [3.63, 3.8) is 0 Å². The molecule has 1 aliphatic heterocycles. The first kappa shape index (κ1) is 19.5. The second-order valence-electron chi connectivity index (χ2n) is 7.76. The van der Waals surface area contributed by atoms with E-state index >= 15 is 0 Å². The third-order valence-corrected chi connectivity index (χ3v) is 5.83. The van der Waals surface area contributed by atoms with Crippen LogP contribution in [-0.2, 0) is 20.7 Å². The average Bonchev–Trinajstić information content (AvgIpc) is 2.89. The number of carboxylic acids is 1. The summed E-state index contributed by atoms with van der Waals surface area (Å²) in [5.41, 5.74) is 1.37. The van der Waals surface area contributed by atoms with Crippen molar-refractivity contribution in [3.8, 4) is 0 Å². The molecule has 5 heteroatoms. The molecular weight excluding hydrogens is 345 g/mol. The Morgan fingerprint density at radius 1 is 1.07 bits per heavy atom. The summed E-state index contributed by atoms with van der Waals surface area (Å²) in [7, 11) is 1.78. The Morgan fingerprint density at radius 2 is 1.63 bits per heavy atom. The number of halogens is 1. The van der Waals surface area contributed by atoms with Crippen LogP contribution < -0.4 is 0 Å². The monoisotopic (exact) mass is 371 g/mol. The normalized spacial score (nSPS) is 23.1. The van der Waals surface area contributed by atoms with E-state index in [1.807, 2.05) is 45.0 Å². The van der Waals surface area contributed by atoms with Gasteiger partial charge in [-0.1, -0.05) is 36.4 Å². The van der Waals surface area contributed by atoms with Gasteiger partial charge in [-0.25, -0.2) is 4.39 Å². The summed E-state index contributed by atoms with van der Waals surface area (Å²) in [5, 5.41) is 9.50. The molecule has 4 nitrogen and oxygen atoms in total. The molecule has 1 N–H and O–H groups in total. The summed E-state index contributed by atoms with van der Waals surface area (Å²) in [5.74, 6) is -1.22. The van der Waals surface area contributed by atoms with Crippen LogP contribution >= 0.6 is 0 Å². The number of likely N-dealkylation sites (N-methyl/N-ethyl adjacent to an activating group) is 1. The highest BCUT2D eigenvalue weighted by Gasteiger charge is 2.54. The molecule has 27 heavy (non-hydrogen) atoms. The van der Waals surface area contributed by atoms with Gasteiger partial charge in [0, 0.05) is 6.04 Å². The van der Waals surface area contributed by atoms with E-state index in [2.05, 4.69) is 0 Å². The molecule has 2 aromatic rings. The maximum atomic E-state index is 13.6. The number of carboxylic acid groups (broad SMARTS) is 1. The standard InChI is InChI=1S/C22H26FNO3/c1-14(20(25)26)24(5)15(2)22(16-10-12-17(23)13-11-16)19-9-7-6-8-18(19)21(3,4)27-22/h6-15H,1-5H3,(H,25,26). The fraction of sp³-hybridized carbons (Fsp3) is 0.409. The van der Waals surface area contributed by atoms with Crippen LogP contribution in [-0.4, -0.2) is 35.1 Å². The number of ether oxygens (including phenoxy) is 1. The molecule has 144 valence electrons. The van der Waals surface area contributed by atoms with Gasteiger partial charge in [0.15, 0.2) is 0 Å². The van der Waals surface area contributed by atoms with Gasteiger partial charge in [0.25, 0.3) is 0 Å². The fourth-order valence-corrected chi connectivity index (χ4v) is 4.10. The van der Waals surface area contributed by atoms with E-state index in [4.69, 9.17) is 4.74 Å². The molecule has 0 radical (unpaired) electrons. The second-order valence-corrected chi connectivity index (χ2v) is 7.76. The first-order chi connectivity index (χ1) is 12.6. The second kappa shape index (κ2) is 6.73. The van der Waals surface area contributed by atoms with Crippen molar-refractivity contribution in [1.82, 2.24) is 4.90 Å². The predicted octanol–water partition coefficient (Wildman–Crippen LogP) is 4.13. The van der Waals surface area contributed by atoms with Crippen LogP contribution in [0.25, 0.3) is 0 Å². The first-order valence-electron chi connectivity index (χ1n) is 9.12. The Labute approximate surface area is 159 Å². The number of benzene rings is 2. The zero-order valence-corrected chi connectivity index (χ0v) is 16.4. The molecule has 3 rings (SSSR count). The lowest BCUT2D eigenvalue weighted by Crippen LogP contribution is -2.53. The van der Waals surface area contributed by atoms with E-state index in [0.29, 0.717) is 0 Å². The minimum absolute atomic E-state index is 0.308. The lowest BCUT2D eigenvalue weighted by molar-refractivity contribution is -0.154. The van der Waals surface area contributed by atoms with Gasteiger partial charge < -0.3 is 9.84 Å². The molecule has 0 spiro atoms. The van der Waals surface area contributed by atoms with Crippen molar-refractivity contribution in [2.75, 3.05) is 7.05 Å². The predicted molar refractivity (Wildman–Crippen MR) is 102 cm³/mol. The molecule has 3 unspecified atom stereocenters. The van der Waals surface area contributed by atoms with Gasteiger partial charge in [0.2, 0.25) is 0 Å². The van der Waals surface area contributed by atoms with Crippen molar-refractivity contribution in [1.29, 1.82) is 0 Å². The Morgan fingerprint density at radius 3 is 2.19 bits per heavy atom. The number of fused-ring (bicyclic) bond motifs is 1. The molecule has 2 aromatic carbocycles. The smallest absolute Gasteiger partial charge is 0.320 e. The maximum absolute atomic E-state index is 13.6. The summed E-state index contributed by atoms with van der Waals surface area (Å²) in [4.78, 5) is 13.4. The Bertz CT molecular complexity index is 849.